The van der Waals surface area contributed by atoms with Gasteiger partial charge in [0.2, 0.25) is 0 Å². The molecule has 0 aliphatic carbocycles. The van der Waals surface area contributed by atoms with Crippen molar-refractivity contribution in [3.63, 3.8) is 0 Å². The Balaban J connectivity index is 1.89. The fourth-order valence-electron chi connectivity index (χ4n) is 2.53. The third kappa shape index (κ3) is 2.26. The standard InChI is InChI=1S/C15H14ClFN2/c16-15-11(2-1-3-13(15)17)9-19-7-6-10-8-12(18)4-5-14(10)19/h1-5,8H,6-7,9,18H2. The van der Waals surface area contributed by atoms with E-state index in [1.54, 1.807) is 6.07 Å². The summed E-state index contributed by atoms with van der Waals surface area (Å²) in [5.74, 6) is -0.365. The summed E-state index contributed by atoms with van der Waals surface area (Å²) >= 11 is 6.00. The van der Waals surface area contributed by atoms with Crippen molar-refractivity contribution in [1.29, 1.82) is 0 Å². The number of nitrogens with two attached hydrogens (primary N) is 1. The lowest BCUT2D eigenvalue weighted by Crippen LogP contribution is -2.20. The topological polar surface area (TPSA) is 29.3 Å². The normalized spacial score (nSPS) is 13.7. The van der Waals surface area contributed by atoms with Crippen LogP contribution in [0.1, 0.15) is 11.1 Å². The molecule has 0 aromatic heterocycles. The second-order valence-electron chi connectivity index (χ2n) is 4.77. The van der Waals surface area contributed by atoms with Gasteiger partial charge in [-0.15, -0.1) is 0 Å². The Morgan fingerprint density at radius 2 is 2.11 bits per heavy atom. The van der Waals surface area contributed by atoms with E-state index in [0.29, 0.717) is 6.54 Å². The average Bonchev–Trinajstić information content (AvgIpc) is 2.77. The van der Waals surface area contributed by atoms with Gasteiger partial charge in [0.25, 0.3) is 0 Å². The molecular formula is C15H14ClFN2. The van der Waals surface area contributed by atoms with Crippen molar-refractivity contribution in [2.75, 3.05) is 17.2 Å². The Bertz CT molecular complexity index is 628. The van der Waals surface area contributed by atoms with Gasteiger partial charge in [-0.05, 0) is 41.8 Å². The van der Waals surface area contributed by atoms with Crippen LogP contribution < -0.4 is 10.6 Å². The third-order valence-electron chi connectivity index (χ3n) is 3.49. The van der Waals surface area contributed by atoms with Crippen LogP contribution in [0.5, 0.6) is 0 Å². The average molecular weight is 277 g/mol. The van der Waals surface area contributed by atoms with Crippen molar-refractivity contribution >= 4 is 23.0 Å². The van der Waals surface area contributed by atoms with Gasteiger partial charge < -0.3 is 10.6 Å². The monoisotopic (exact) mass is 276 g/mol. The van der Waals surface area contributed by atoms with E-state index < -0.39 is 0 Å². The molecule has 2 aromatic rings. The van der Waals surface area contributed by atoms with Gasteiger partial charge in [0.05, 0.1) is 5.02 Å². The fourth-order valence-corrected chi connectivity index (χ4v) is 2.72. The van der Waals surface area contributed by atoms with Gasteiger partial charge in [0.1, 0.15) is 5.82 Å². The van der Waals surface area contributed by atoms with Crippen LogP contribution in [0.15, 0.2) is 36.4 Å². The largest absolute Gasteiger partial charge is 0.399 e. The summed E-state index contributed by atoms with van der Waals surface area (Å²) in [6, 6.07) is 10.8. The minimum Gasteiger partial charge on any atom is -0.399 e. The molecule has 0 saturated carbocycles. The molecule has 0 fully saturated rings. The zero-order chi connectivity index (χ0) is 13.4. The van der Waals surface area contributed by atoms with Gasteiger partial charge in [-0.25, -0.2) is 4.39 Å². The molecule has 0 saturated heterocycles. The molecule has 0 bridgehead atoms. The van der Waals surface area contributed by atoms with Crippen molar-refractivity contribution in [2.45, 2.75) is 13.0 Å². The van der Waals surface area contributed by atoms with E-state index >= 15 is 0 Å². The molecule has 98 valence electrons. The molecule has 1 aliphatic rings. The summed E-state index contributed by atoms with van der Waals surface area (Å²) in [6.07, 6.45) is 0.966. The van der Waals surface area contributed by atoms with Gasteiger partial charge >= 0.3 is 0 Å². The minimum absolute atomic E-state index is 0.214. The van der Waals surface area contributed by atoms with Crippen LogP contribution in [0, 0.1) is 5.82 Å². The van der Waals surface area contributed by atoms with E-state index in [0.717, 1.165) is 29.9 Å². The number of nitrogen functional groups attached to an aromatic ring is 1. The Labute approximate surface area is 116 Å². The Morgan fingerprint density at radius 1 is 1.26 bits per heavy atom. The van der Waals surface area contributed by atoms with Crippen molar-refractivity contribution < 1.29 is 4.39 Å². The Kier molecular flexibility index (Phi) is 3.07. The van der Waals surface area contributed by atoms with Gasteiger partial charge in [0, 0.05) is 24.5 Å². The molecule has 2 aromatic carbocycles. The van der Waals surface area contributed by atoms with Crippen LogP contribution in [0.25, 0.3) is 0 Å². The minimum atomic E-state index is -0.365. The third-order valence-corrected chi connectivity index (χ3v) is 3.91. The highest BCUT2D eigenvalue weighted by molar-refractivity contribution is 6.31. The highest BCUT2D eigenvalue weighted by Gasteiger charge is 2.20. The molecule has 1 heterocycles. The van der Waals surface area contributed by atoms with Crippen molar-refractivity contribution in [3.05, 3.63) is 58.4 Å². The van der Waals surface area contributed by atoms with Crippen LogP contribution in [-0.4, -0.2) is 6.54 Å². The number of anilines is 2. The molecule has 3 rings (SSSR count). The van der Waals surface area contributed by atoms with Crippen LogP contribution in [-0.2, 0) is 13.0 Å². The summed E-state index contributed by atoms with van der Waals surface area (Å²) in [5, 5.41) is 0.214. The summed E-state index contributed by atoms with van der Waals surface area (Å²) in [4.78, 5) is 2.20. The fraction of sp³-hybridized carbons (Fsp3) is 0.200. The van der Waals surface area contributed by atoms with Crippen LogP contribution in [0.3, 0.4) is 0 Å². The summed E-state index contributed by atoms with van der Waals surface area (Å²) < 4.78 is 13.4. The van der Waals surface area contributed by atoms with Crippen LogP contribution >= 0.6 is 11.6 Å². The molecule has 4 heteroatoms. The van der Waals surface area contributed by atoms with E-state index in [2.05, 4.69) is 4.90 Å². The van der Waals surface area contributed by atoms with Crippen molar-refractivity contribution in [3.8, 4) is 0 Å². The predicted octanol–water partition coefficient (Wildman–Crippen LogP) is 3.62. The first-order valence-electron chi connectivity index (χ1n) is 6.21. The zero-order valence-corrected chi connectivity index (χ0v) is 11.1. The molecule has 0 spiro atoms. The Hall–Kier alpha value is -1.74. The maximum absolute atomic E-state index is 13.4. The smallest absolute Gasteiger partial charge is 0.142 e. The number of hydrogen-bond donors (Lipinski definition) is 1. The number of fused-ring (bicyclic) bond motifs is 1. The van der Waals surface area contributed by atoms with Gasteiger partial charge in [-0.2, -0.15) is 0 Å². The molecule has 0 atom stereocenters. The predicted molar refractivity (Wildman–Crippen MR) is 77.0 cm³/mol. The van der Waals surface area contributed by atoms with E-state index in [9.17, 15) is 4.39 Å². The molecule has 0 unspecified atom stereocenters. The van der Waals surface area contributed by atoms with Crippen molar-refractivity contribution in [2.24, 2.45) is 0 Å². The van der Waals surface area contributed by atoms with E-state index in [1.165, 1.54) is 11.6 Å². The summed E-state index contributed by atoms with van der Waals surface area (Å²) in [7, 11) is 0. The quantitative estimate of drug-likeness (QED) is 0.849. The maximum Gasteiger partial charge on any atom is 0.142 e. The lowest BCUT2D eigenvalue weighted by molar-refractivity contribution is 0.625. The molecule has 2 nitrogen and oxygen atoms in total. The molecule has 0 radical (unpaired) electrons. The molecular weight excluding hydrogens is 263 g/mol. The number of rotatable bonds is 2. The molecule has 0 amide bonds. The lowest BCUT2D eigenvalue weighted by atomic mass is 10.1. The van der Waals surface area contributed by atoms with E-state index in [1.807, 2.05) is 24.3 Å². The highest BCUT2D eigenvalue weighted by atomic mass is 35.5. The van der Waals surface area contributed by atoms with E-state index in [4.69, 9.17) is 17.3 Å². The van der Waals surface area contributed by atoms with Gasteiger partial charge in [-0.3, -0.25) is 0 Å². The van der Waals surface area contributed by atoms with E-state index in [-0.39, 0.29) is 10.8 Å². The zero-order valence-electron chi connectivity index (χ0n) is 10.4. The molecule has 1 aliphatic heterocycles. The molecule has 19 heavy (non-hydrogen) atoms. The number of halogens is 2. The first-order chi connectivity index (χ1) is 9.15. The van der Waals surface area contributed by atoms with Gasteiger partial charge in [-0.1, -0.05) is 23.7 Å². The Morgan fingerprint density at radius 3 is 2.95 bits per heavy atom. The number of hydrogen-bond acceptors (Lipinski definition) is 2. The van der Waals surface area contributed by atoms with Crippen LogP contribution in [0.2, 0.25) is 5.02 Å². The number of nitrogens with zero attached hydrogens (tertiary/aromatic N) is 1. The van der Waals surface area contributed by atoms with Gasteiger partial charge in [0.15, 0.2) is 0 Å². The first kappa shape index (κ1) is 12.3. The highest BCUT2D eigenvalue weighted by Crippen LogP contribution is 2.32. The lowest BCUT2D eigenvalue weighted by Gasteiger charge is -2.20. The first-order valence-corrected chi connectivity index (χ1v) is 6.59. The van der Waals surface area contributed by atoms with Crippen LogP contribution in [0.4, 0.5) is 15.8 Å². The molecule has 2 N–H and O–H groups in total. The number of benzene rings is 2. The summed E-state index contributed by atoms with van der Waals surface area (Å²) in [6.45, 7) is 1.53. The maximum atomic E-state index is 13.4. The second-order valence-corrected chi connectivity index (χ2v) is 5.15. The SMILES string of the molecule is Nc1ccc2c(c1)CCN2Cc1cccc(F)c1Cl. The van der Waals surface area contributed by atoms with Crippen molar-refractivity contribution in [1.82, 2.24) is 0 Å². The summed E-state index contributed by atoms with van der Waals surface area (Å²) in [5.41, 5.74) is 9.78. The second kappa shape index (κ2) is 4.74.